The summed E-state index contributed by atoms with van der Waals surface area (Å²) >= 11 is 0. The van der Waals surface area contributed by atoms with Crippen LogP contribution in [0.2, 0.25) is 0 Å². The molecule has 3 amide bonds. The van der Waals surface area contributed by atoms with Gasteiger partial charge >= 0.3 is 5.97 Å². The summed E-state index contributed by atoms with van der Waals surface area (Å²) in [5.41, 5.74) is 1.65. The zero-order valence-electron chi connectivity index (χ0n) is 27.2. The normalized spacial score (nSPS) is 22.9. The topological polar surface area (TPSA) is 149 Å². The number of anilines is 2. The van der Waals surface area contributed by atoms with Crippen LogP contribution in [0.25, 0.3) is 0 Å². The second-order valence-electron chi connectivity index (χ2n) is 12.8. The molecule has 3 heterocycles. The molecule has 1 fully saturated rings. The van der Waals surface area contributed by atoms with Crippen molar-refractivity contribution in [3.63, 3.8) is 0 Å². The molecule has 2 aromatic rings. The van der Waals surface area contributed by atoms with Gasteiger partial charge in [0.15, 0.2) is 5.60 Å². The number of piperidine rings is 1. The molecule has 2 aromatic carbocycles. The van der Waals surface area contributed by atoms with Crippen LogP contribution >= 0.6 is 0 Å². The molecule has 0 aromatic heterocycles. The van der Waals surface area contributed by atoms with E-state index in [1.807, 2.05) is 24.3 Å². The number of rotatable bonds is 12. The number of amides is 3. The van der Waals surface area contributed by atoms with Gasteiger partial charge in [0, 0.05) is 49.6 Å². The third-order valence-electron chi connectivity index (χ3n) is 9.71. The maximum absolute atomic E-state index is 14.0. The number of unbranched alkanes of at least 4 members (excludes halogenated alkanes) is 1. The van der Waals surface area contributed by atoms with E-state index in [0.29, 0.717) is 55.8 Å². The SMILES string of the molecule is COC(=O)CCCCN1C(=O)[C@](O)([C@H](C)/C=C/CC(=O)N2Cc3ccccc3C[C@H]2CO)c2cc(NC(=O)C3CCCNC3)ccc21. The molecule has 0 aliphatic carbocycles. The van der Waals surface area contributed by atoms with Crippen molar-refractivity contribution in [1.82, 2.24) is 10.2 Å². The zero-order chi connectivity index (χ0) is 33.6. The van der Waals surface area contributed by atoms with E-state index in [0.717, 1.165) is 30.5 Å². The summed E-state index contributed by atoms with van der Waals surface area (Å²) in [5, 5.41) is 28.4. The van der Waals surface area contributed by atoms with Gasteiger partial charge in [0.25, 0.3) is 5.91 Å². The van der Waals surface area contributed by atoms with Crippen molar-refractivity contribution in [2.24, 2.45) is 11.8 Å². The van der Waals surface area contributed by atoms with Crippen molar-refractivity contribution in [2.45, 2.75) is 70.1 Å². The second-order valence-corrected chi connectivity index (χ2v) is 12.8. The molecular weight excluding hydrogens is 600 g/mol. The Hall–Kier alpha value is -4.06. The minimum atomic E-state index is -1.94. The molecule has 4 N–H and O–H groups in total. The van der Waals surface area contributed by atoms with Crippen LogP contribution in [0.15, 0.2) is 54.6 Å². The highest BCUT2D eigenvalue weighted by atomic mass is 16.5. The summed E-state index contributed by atoms with van der Waals surface area (Å²) in [5.74, 6) is -1.97. The molecule has 4 atom stereocenters. The Balaban J connectivity index is 1.33. The van der Waals surface area contributed by atoms with Gasteiger partial charge in [-0.15, -0.1) is 0 Å². The third-order valence-corrected chi connectivity index (χ3v) is 9.71. The van der Waals surface area contributed by atoms with Gasteiger partial charge in [0.1, 0.15) is 0 Å². The van der Waals surface area contributed by atoms with Gasteiger partial charge in [-0.05, 0) is 68.0 Å². The Bertz CT molecular complexity index is 1500. The van der Waals surface area contributed by atoms with Crippen molar-refractivity contribution in [1.29, 1.82) is 0 Å². The highest BCUT2D eigenvalue weighted by Crippen LogP contribution is 2.46. The highest BCUT2D eigenvalue weighted by molar-refractivity contribution is 6.08. The molecule has 11 nitrogen and oxygen atoms in total. The van der Waals surface area contributed by atoms with Crippen LogP contribution in [-0.4, -0.2) is 78.2 Å². The van der Waals surface area contributed by atoms with Crippen molar-refractivity contribution in [3.8, 4) is 0 Å². The molecule has 11 heteroatoms. The number of fused-ring (bicyclic) bond motifs is 2. The van der Waals surface area contributed by atoms with E-state index < -0.39 is 17.4 Å². The third kappa shape index (κ3) is 7.42. The van der Waals surface area contributed by atoms with Crippen molar-refractivity contribution in [3.05, 3.63) is 71.3 Å². The van der Waals surface area contributed by atoms with Crippen LogP contribution in [0.5, 0.6) is 0 Å². The quantitative estimate of drug-likeness (QED) is 0.156. The van der Waals surface area contributed by atoms with E-state index in [-0.39, 0.29) is 49.2 Å². The van der Waals surface area contributed by atoms with Crippen LogP contribution in [0, 0.1) is 11.8 Å². The van der Waals surface area contributed by atoms with Gasteiger partial charge in [-0.2, -0.15) is 0 Å². The van der Waals surface area contributed by atoms with Crippen LogP contribution in [0.1, 0.15) is 62.1 Å². The molecule has 0 spiro atoms. The van der Waals surface area contributed by atoms with E-state index in [4.69, 9.17) is 4.74 Å². The van der Waals surface area contributed by atoms with E-state index in [2.05, 4.69) is 10.6 Å². The first-order valence-electron chi connectivity index (χ1n) is 16.6. The number of hydrogen-bond donors (Lipinski definition) is 4. The van der Waals surface area contributed by atoms with Crippen LogP contribution < -0.4 is 15.5 Å². The summed E-state index contributed by atoms with van der Waals surface area (Å²) in [6.45, 7) is 3.78. The average molecular weight is 647 g/mol. The predicted octanol–water partition coefficient (Wildman–Crippen LogP) is 3.03. The molecule has 252 valence electrons. The molecule has 47 heavy (non-hydrogen) atoms. The minimum Gasteiger partial charge on any atom is -0.469 e. The number of ether oxygens (including phenoxy) is 1. The highest BCUT2D eigenvalue weighted by Gasteiger charge is 2.52. The molecule has 3 aliphatic heterocycles. The monoisotopic (exact) mass is 646 g/mol. The lowest BCUT2D eigenvalue weighted by Crippen LogP contribution is -2.46. The van der Waals surface area contributed by atoms with Gasteiger partial charge in [-0.25, -0.2) is 0 Å². The predicted molar refractivity (Wildman–Crippen MR) is 177 cm³/mol. The fraction of sp³-hybridized carbons (Fsp3) is 0.500. The largest absolute Gasteiger partial charge is 0.469 e. The average Bonchev–Trinajstić information content (AvgIpc) is 3.31. The lowest BCUT2D eigenvalue weighted by atomic mass is 9.82. The number of nitrogens with one attached hydrogen (secondary N) is 2. The molecule has 0 bridgehead atoms. The molecule has 1 saturated heterocycles. The van der Waals surface area contributed by atoms with Gasteiger partial charge in [-0.3, -0.25) is 19.2 Å². The summed E-state index contributed by atoms with van der Waals surface area (Å²) in [4.78, 5) is 55.1. The molecule has 0 saturated carbocycles. The first-order chi connectivity index (χ1) is 22.7. The fourth-order valence-corrected chi connectivity index (χ4v) is 6.88. The lowest BCUT2D eigenvalue weighted by Gasteiger charge is -2.36. The Labute approximate surface area is 276 Å². The smallest absolute Gasteiger partial charge is 0.305 e. The maximum Gasteiger partial charge on any atom is 0.305 e. The molecule has 5 rings (SSSR count). The first kappa shape index (κ1) is 34.3. The van der Waals surface area contributed by atoms with Gasteiger partial charge in [-0.1, -0.05) is 43.3 Å². The van der Waals surface area contributed by atoms with Gasteiger partial charge in [0.2, 0.25) is 11.8 Å². The number of carbonyl (C=O) groups is 4. The van der Waals surface area contributed by atoms with E-state index in [1.165, 1.54) is 12.0 Å². The number of hydrogen-bond acceptors (Lipinski definition) is 8. The lowest BCUT2D eigenvalue weighted by molar-refractivity contribution is -0.140. The maximum atomic E-state index is 14.0. The molecule has 3 aliphatic rings. The zero-order valence-corrected chi connectivity index (χ0v) is 27.2. The summed E-state index contributed by atoms with van der Waals surface area (Å²) in [6, 6.07) is 12.7. The first-order valence-corrected chi connectivity index (χ1v) is 16.6. The molecule has 0 radical (unpaired) electrons. The van der Waals surface area contributed by atoms with Crippen molar-refractivity contribution >= 4 is 35.1 Å². The minimum absolute atomic E-state index is 0.0445. The van der Waals surface area contributed by atoms with E-state index in [1.54, 1.807) is 42.2 Å². The van der Waals surface area contributed by atoms with Crippen LogP contribution in [-0.2, 0) is 42.5 Å². The van der Waals surface area contributed by atoms with Crippen LogP contribution in [0.4, 0.5) is 11.4 Å². The van der Waals surface area contributed by atoms with Gasteiger partial charge < -0.3 is 35.4 Å². The number of nitrogens with zero attached hydrogens (tertiary/aromatic N) is 2. The Morgan fingerprint density at radius 1 is 1.17 bits per heavy atom. The second kappa shape index (κ2) is 15.2. The van der Waals surface area contributed by atoms with Crippen molar-refractivity contribution < 1.29 is 34.1 Å². The van der Waals surface area contributed by atoms with Crippen molar-refractivity contribution in [2.75, 3.05) is 43.6 Å². The number of carbonyl (C=O) groups excluding carboxylic acids is 4. The summed E-state index contributed by atoms with van der Waals surface area (Å²) < 4.78 is 4.73. The number of methoxy groups -OCH3 is 1. The van der Waals surface area contributed by atoms with Crippen LogP contribution in [0.3, 0.4) is 0 Å². The standard InChI is InChI=1S/C36H46N4O7/c1-24(9-7-13-32(42)40-22-27-11-4-3-10-25(27)19-29(40)23-41)36(46)30-20-28(38-34(44)26-12-8-17-37-21-26)15-16-31(30)39(35(36)45)18-6-5-14-33(43)47-2/h3-4,7,9-11,15-16,20,24,26,29,37,41,46H,5-6,8,12-14,17-19,21-23H2,1-2H3,(H,38,44)/b9-7+/t24-,26?,29+,36+/m1/s1. The number of benzene rings is 2. The molecule has 1 unspecified atom stereocenters. The van der Waals surface area contributed by atoms with Gasteiger partial charge in [0.05, 0.1) is 31.4 Å². The van der Waals surface area contributed by atoms with E-state index >= 15 is 0 Å². The summed E-state index contributed by atoms with van der Waals surface area (Å²) in [7, 11) is 1.34. The molecular formula is C36H46N4O7. The Kier molecular flexibility index (Phi) is 11.1. The summed E-state index contributed by atoms with van der Waals surface area (Å²) in [6.07, 6.45) is 6.95. The Morgan fingerprint density at radius 3 is 2.68 bits per heavy atom. The number of aliphatic hydroxyl groups is 2. The fourth-order valence-electron chi connectivity index (χ4n) is 6.88. The number of aliphatic hydroxyl groups excluding tert-OH is 1. The number of esters is 1. The Morgan fingerprint density at radius 2 is 1.96 bits per heavy atom. The van der Waals surface area contributed by atoms with E-state index in [9.17, 15) is 29.4 Å².